The van der Waals surface area contributed by atoms with Gasteiger partial charge >= 0.3 is 29.2 Å². The zero-order chi connectivity index (χ0) is 22.5. The molecule has 0 saturated carbocycles. The zero-order valence-electron chi connectivity index (χ0n) is 14.4. The molecule has 170 valence electrons. The average Bonchev–Trinajstić information content (AvgIpc) is 3.00. The second-order valence-corrected chi connectivity index (χ2v) is 10.6. The van der Waals surface area contributed by atoms with Gasteiger partial charge in [-0.1, -0.05) is 0 Å². The highest BCUT2D eigenvalue weighted by molar-refractivity contribution is 7.66. The van der Waals surface area contributed by atoms with E-state index >= 15 is 0 Å². The fourth-order valence-electron chi connectivity index (χ4n) is 2.86. The van der Waals surface area contributed by atoms with Gasteiger partial charge in [0.1, 0.15) is 17.8 Å². The Morgan fingerprint density at radius 1 is 1.17 bits per heavy atom. The zero-order valence-corrected chi connectivity index (χ0v) is 17.1. The highest BCUT2D eigenvalue weighted by atomic mass is 31.3. The minimum atomic E-state index is -5.72. The molecule has 0 aromatic carbocycles. The number of ether oxygens (including phenoxy) is 2. The third-order valence-electron chi connectivity index (χ3n) is 4.02. The van der Waals surface area contributed by atoms with Crippen molar-refractivity contribution in [3.8, 4) is 0 Å². The number of fused-ring (bicyclic) bond motifs is 2. The summed E-state index contributed by atoms with van der Waals surface area (Å²) in [4.78, 5) is 60.7. The summed E-state index contributed by atoms with van der Waals surface area (Å²) in [7, 11) is -16.7. The number of nitrogens with one attached hydrogen (secondary N) is 1. The summed E-state index contributed by atoms with van der Waals surface area (Å²) in [5.41, 5.74) is -3.40. The van der Waals surface area contributed by atoms with Crippen molar-refractivity contribution in [3.63, 3.8) is 0 Å². The summed E-state index contributed by atoms with van der Waals surface area (Å²) in [6.45, 7) is -1.35. The van der Waals surface area contributed by atoms with E-state index in [0.29, 0.717) is 0 Å². The van der Waals surface area contributed by atoms with E-state index in [0.717, 1.165) is 16.8 Å². The summed E-state index contributed by atoms with van der Waals surface area (Å²) < 4.78 is 57.2. The molecule has 6 N–H and O–H groups in total. The van der Waals surface area contributed by atoms with Crippen LogP contribution in [0.4, 0.5) is 0 Å². The van der Waals surface area contributed by atoms with Gasteiger partial charge in [-0.3, -0.25) is 18.9 Å². The molecule has 6 atom stereocenters. The largest absolute Gasteiger partial charge is 0.490 e. The van der Waals surface area contributed by atoms with Crippen molar-refractivity contribution in [2.24, 2.45) is 0 Å². The number of aliphatic hydroxyl groups is 1. The van der Waals surface area contributed by atoms with Crippen molar-refractivity contribution < 1.29 is 61.0 Å². The fraction of sp³-hybridized carbons (Fsp3) is 0.600. The number of aliphatic hydroxyl groups excluding tert-OH is 1. The Labute approximate surface area is 165 Å². The van der Waals surface area contributed by atoms with Crippen LogP contribution < -0.4 is 11.2 Å². The Bertz CT molecular complexity index is 1080. The molecule has 20 heteroatoms. The molecule has 30 heavy (non-hydrogen) atoms. The monoisotopic (exact) mass is 496 g/mol. The van der Waals surface area contributed by atoms with Crippen molar-refractivity contribution in [2.75, 3.05) is 13.2 Å². The Morgan fingerprint density at radius 2 is 1.83 bits per heavy atom. The third-order valence-corrected chi connectivity index (χ3v) is 7.80. The fourth-order valence-corrected chi connectivity index (χ4v) is 5.94. The van der Waals surface area contributed by atoms with Gasteiger partial charge in [0.15, 0.2) is 6.23 Å². The maximum Gasteiger partial charge on any atom is 0.490 e. The van der Waals surface area contributed by atoms with Gasteiger partial charge in [0.05, 0.1) is 13.2 Å². The number of aromatic amines is 1. The van der Waals surface area contributed by atoms with E-state index in [1.54, 1.807) is 0 Å². The van der Waals surface area contributed by atoms with Crippen LogP contribution in [-0.2, 0) is 36.3 Å². The highest BCUT2D eigenvalue weighted by Gasteiger charge is 2.63. The molecule has 6 unspecified atom stereocenters. The molecule has 0 amide bonds. The van der Waals surface area contributed by atoms with Gasteiger partial charge in [0, 0.05) is 12.3 Å². The van der Waals surface area contributed by atoms with E-state index in [1.165, 1.54) is 0 Å². The minimum absolute atomic E-state index is 0.386. The number of nitrogens with zero attached hydrogens (tertiary/aromatic N) is 1. The minimum Gasteiger partial charge on any atom is -0.387 e. The maximum atomic E-state index is 11.9. The van der Waals surface area contributed by atoms with Crippen LogP contribution in [0.2, 0.25) is 0 Å². The molecular formula is C10H15N2O15P3. The first-order valence-electron chi connectivity index (χ1n) is 7.70. The van der Waals surface area contributed by atoms with Gasteiger partial charge in [0.25, 0.3) is 5.56 Å². The Balaban J connectivity index is 1.73. The van der Waals surface area contributed by atoms with Crippen LogP contribution in [0.25, 0.3) is 0 Å². The van der Waals surface area contributed by atoms with Crippen molar-refractivity contribution in [2.45, 2.75) is 24.0 Å². The van der Waals surface area contributed by atoms with E-state index in [-0.39, 0.29) is 6.61 Å². The first-order valence-corrected chi connectivity index (χ1v) is 12.2. The number of hydrogen-bond acceptors (Lipinski definition) is 11. The lowest BCUT2D eigenvalue weighted by Crippen LogP contribution is -2.45. The normalized spacial score (nSPS) is 32.6. The molecule has 2 bridgehead atoms. The third kappa shape index (κ3) is 5.06. The summed E-state index contributed by atoms with van der Waals surface area (Å²) >= 11 is 0. The predicted octanol–water partition coefficient (Wildman–Crippen LogP) is -2.09. The molecule has 2 fully saturated rings. The van der Waals surface area contributed by atoms with Crippen molar-refractivity contribution in [1.82, 2.24) is 9.55 Å². The molecule has 1 aromatic heterocycles. The summed E-state index contributed by atoms with van der Waals surface area (Å²) in [5, 5.41) is 10.4. The molecule has 3 rings (SSSR count). The van der Waals surface area contributed by atoms with Crippen LogP contribution in [0.5, 0.6) is 0 Å². The Hall–Kier alpha value is -1.03. The van der Waals surface area contributed by atoms with Crippen molar-refractivity contribution in [1.29, 1.82) is 0 Å². The molecule has 2 aliphatic rings. The highest BCUT2D eigenvalue weighted by Crippen LogP contribution is 2.66. The van der Waals surface area contributed by atoms with Crippen molar-refractivity contribution >= 4 is 23.5 Å². The Kier molecular flexibility index (Phi) is 6.17. The smallest absolute Gasteiger partial charge is 0.387 e. The Morgan fingerprint density at radius 3 is 2.43 bits per heavy atom. The number of rotatable bonds is 8. The molecule has 2 saturated heterocycles. The van der Waals surface area contributed by atoms with Crippen LogP contribution in [0.3, 0.4) is 0 Å². The molecule has 17 nitrogen and oxygen atoms in total. The SMILES string of the molecule is O=c1ccn(C2OC3(COP(=O)(O)OP(=O)(O)OP(=O)(O)O)COC2C3O)c(=O)[nH]1. The quantitative estimate of drug-likeness (QED) is 0.211. The summed E-state index contributed by atoms with van der Waals surface area (Å²) in [6, 6.07) is 1.00. The lowest BCUT2D eigenvalue weighted by Gasteiger charge is -2.31. The van der Waals surface area contributed by atoms with Gasteiger partial charge < -0.3 is 34.2 Å². The lowest BCUT2D eigenvalue weighted by atomic mass is 10.0. The second-order valence-electron chi connectivity index (χ2n) is 6.18. The van der Waals surface area contributed by atoms with Gasteiger partial charge in [-0.2, -0.15) is 8.62 Å². The van der Waals surface area contributed by atoms with Gasteiger partial charge in [0.2, 0.25) is 0 Å². The standard InChI is InChI=1S/C10H15N2O15P3/c13-5-1-2-12(9(15)11-5)8-6-7(14)10(25-8,3-23-6)4-24-29(19,20)27-30(21,22)26-28(16,17)18/h1-2,6-8,14H,3-4H2,(H,19,20)(H,21,22)(H,11,13,15)(H2,16,17,18). The van der Waals surface area contributed by atoms with E-state index in [1.807, 2.05) is 4.98 Å². The van der Waals surface area contributed by atoms with Gasteiger partial charge in [-0.15, -0.1) is 0 Å². The van der Waals surface area contributed by atoms with Crippen molar-refractivity contribution in [3.05, 3.63) is 33.1 Å². The molecule has 0 aliphatic carbocycles. The van der Waals surface area contributed by atoms with E-state index in [9.17, 15) is 33.3 Å². The molecule has 2 aliphatic heterocycles. The number of phosphoric acid groups is 3. The lowest BCUT2D eigenvalue weighted by molar-refractivity contribution is -0.186. The topological polar surface area (TPSA) is 253 Å². The molecular weight excluding hydrogens is 481 g/mol. The van der Waals surface area contributed by atoms with E-state index in [4.69, 9.17) is 24.2 Å². The van der Waals surface area contributed by atoms with Gasteiger partial charge in [-0.25, -0.2) is 18.5 Å². The van der Waals surface area contributed by atoms with Crippen LogP contribution in [0.1, 0.15) is 6.23 Å². The van der Waals surface area contributed by atoms with Crippen LogP contribution in [-0.4, -0.2) is 65.3 Å². The van der Waals surface area contributed by atoms with E-state index < -0.39 is 65.4 Å². The molecule has 0 radical (unpaired) electrons. The van der Waals surface area contributed by atoms with Crippen LogP contribution >= 0.6 is 23.5 Å². The number of phosphoric ester groups is 1. The van der Waals surface area contributed by atoms with E-state index in [2.05, 4.69) is 13.1 Å². The molecule has 1 aromatic rings. The van der Waals surface area contributed by atoms with Gasteiger partial charge in [-0.05, 0) is 0 Å². The maximum absolute atomic E-state index is 11.9. The first-order chi connectivity index (χ1) is 13.6. The van der Waals surface area contributed by atoms with Crippen LogP contribution in [0.15, 0.2) is 21.9 Å². The summed E-state index contributed by atoms with van der Waals surface area (Å²) in [6.07, 6.45) is -2.84. The van der Waals surface area contributed by atoms with Crippen LogP contribution in [0, 0.1) is 0 Å². The predicted molar refractivity (Wildman–Crippen MR) is 89.7 cm³/mol. The second kappa shape index (κ2) is 7.83. The number of aromatic nitrogens is 2. The molecule has 3 heterocycles. The average molecular weight is 496 g/mol. The number of hydrogen-bond donors (Lipinski definition) is 6. The summed E-state index contributed by atoms with van der Waals surface area (Å²) in [5.74, 6) is 0. The first kappa shape index (κ1) is 23.6. The number of H-pyrrole nitrogens is 1. The molecule has 0 spiro atoms.